The fourth-order valence-electron chi connectivity index (χ4n) is 2.60. The van der Waals surface area contributed by atoms with Gasteiger partial charge in [0.05, 0.1) is 0 Å². The van der Waals surface area contributed by atoms with Gasteiger partial charge in [0, 0.05) is 25.0 Å². The standard InChI is InChI=1S/C15H24N2S/c1-11(2)16-15(18)17-9-8-14(10-17)13-6-4-12(3)5-7-13/h4,6-7,11-12,14H,5,8-10H2,1-3H3,(H,16,18). The Balaban J connectivity index is 1.89. The van der Waals surface area contributed by atoms with Gasteiger partial charge < -0.3 is 10.2 Å². The van der Waals surface area contributed by atoms with Crippen molar-refractivity contribution in [2.75, 3.05) is 13.1 Å². The summed E-state index contributed by atoms with van der Waals surface area (Å²) in [4.78, 5) is 2.31. The normalized spacial score (nSPS) is 27.6. The minimum absolute atomic E-state index is 0.422. The van der Waals surface area contributed by atoms with Gasteiger partial charge in [0.1, 0.15) is 0 Å². The second-order valence-electron chi connectivity index (χ2n) is 5.81. The van der Waals surface area contributed by atoms with Gasteiger partial charge in [-0.25, -0.2) is 0 Å². The Morgan fingerprint density at radius 1 is 1.50 bits per heavy atom. The highest BCUT2D eigenvalue weighted by atomic mass is 32.1. The zero-order valence-corrected chi connectivity index (χ0v) is 12.5. The van der Waals surface area contributed by atoms with E-state index in [1.807, 2.05) is 0 Å². The number of hydrogen-bond acceptors (Lipinski definition) is 1. The van der Waals surface area contributed by atoms with Crippen LogP contribution in [0.1, 0.15) is 33.6 Å². The molecule has 0 aromatic rings. The quantitative estimate of drug-likeness (QED) is 0.772. The first-order valence-electron chi connectivity index (χ1n) is 7.00. The first-order chi connectivity index (χ1) is 8.56. The molecule has 2 unspecified atom stereocenters. The van der Waals surface area contributed by atoms with Gasteiger partial charge in [0.2, 0.25) is 0 Å². The van der Waals surface area contributed by atoms with E-state index in [0.29, 0.717) is 17.9 Å². The maximum absolute atomic E-state index is 5.44. The molecule has 2 rings (SSSR count). The van der Waals surface area contributed by atoms with Crippen LogP contribution in [-0.4, -0.2) is 29.1 Å². The maximum atomic E-state index is 5.44. The van der Waals surface area contributed by atoms with Crippen molar-refractivity contribution in [2.45, 2.75) is 39.7 Å². The summed E-state index contributed by atoms with van der Waals surface area (Å²) in [7, 11) is 0. The van der Waals surface area contributed by atoms with Gasteiger partial charge in [0.15, 0.2) is 5.11 Å². The van der Waals surface area contributed by atoms with Crippen molar-refractivity contribution in [2.24, 2.45) is 11.8 Å². The molecule has 0 aromatic carbocycles. The van der Waals surface area contributed by atoms with Crippen molar-refractivity contribution in [1.82, 2.24) is 10.2 Å². The highest BCUT2D eigenvalue weighted by Crippen LogP contribution is 2.28. The van der Waals surface area contributed by atoms with E-state index in [0.717, 1.165) is 18.2 Å². The molecule has 0 saturated carbocycles. The van der Waals surface area contributed by atoms with E-state index in [4.69, 9.17) is 12.2 Å². The lowest BCUT2D eigenvalue weighted by atomic mass is 9.90. The summed E-state index contributed by atoms with van der Waals surface area (Å²) in [6.45, 7) is 8.70. The van der Waals surface area contributed by atoms with Crippen LogP contribution in [0.15, 0.2) is 23.8 Å². The van der Waals surface area contributed by atoms with Crippen molar-refractivity contribution in [3.63, 3.8) is 0 Å². The van der Waals surface area contributed by atoms with Crippen LogP contribution in [0.3, 0.4) is 0 Å². The third kappa shape index (κ3) is 3.35. The lowest BCUT2D eigenvalue weighted by Crippen LogP contribution is -2.41. The van der Waals surface area contributed by atoms with Crippen LogP contribution in [-0.2, 0) is 0 Å². The molecule has 1 aliphatic carbocycles. The van der Waals surface area contributed by atoms with Crippen LogP contribution in [0, 0.1) is 11.8 Å². The van der Waals surface area contributed by atoms with E-state index in [2.05, 4.69) is 49.2 Å². The lowest BCUT2D eigenvalue weighted by Gasteiger charge is -2.23. The number of hydrogen-bond donors (Lipinski definition) is 1. The Kier molecular flexibility index (Phi) is 4.44. The van der Waals surface area contributed by atoms with Gasteiger partial charge in [-0.05, 0) is 50.4 Å². The van der Waals surface area contributed by atoms with Crippen LogP contribution < -0.4 is 5.32 Å². The summed E-state index contributed by atoms with van der Waals surface area (Å²) in [6, 6.07) is 0.422. The fraction of sp³-hybridized carbons (Fsp3) is 0.667. The van der Waals surface area contributed by atoms with Crippen LogP contribution in [0.4, 0.5) is 0 Å². The number of thiocarbonyl (C=S) groups is 1. The number of allylic oxidation sites excluding steroid dienone is 3. The molecule has 0 spiro atoms. The number of likely N-dealkylation sites (tertiary alicyclic amines) is 1. The number of nitrogens with one attached hydrogen (secondary N) is 1. The molecule has 0 radical (unpaired) electrons. The average Bonchev–Trinajstić information content (AvgIpc) is 2.78. The van der Waals surface area contributed by atoms with Crippen LogP contribution >= 0.6 is 12.2 Å². The molecular weight excluding hydrogens is 240 g/mol. The molecule has 2 atom stereocenters. The van der Waals surface area contributed by atoms with Crippen molar-refractivity contribution < 1.29 is 0 Å². The first kappa shape index (κ1) is 13.6. The summed E-state index contributed by atoms with van der Waals surface area (Å²) in [6.07, 6.45) is 9.49. The van der Waals surface area contributed by atoms with E-state index >= 15 is 0 Å². The minimum atomic E-state index is 0.422. The number of nitrogens with zero attached hydrogens (tertiary/aromatic N) is 1. The summed E-state index contributed by atoms with van der Waals surface area (Å²) >= 11 is 5.44. The van der Waals surface area contributed by atoms with Crippen LogP contribution in [0.25, 0.3) is 0 Å². The van der Waals surface area contributed by atoms with Crippen molar-refractivity contribution in [3.8, 4) is 0 Å². The van der Waals surface area contributed by atoms with Gasteiger partial charge in [-0.15, -0.1) is 0 Å². The Labute approximate surface area is 116 Å². The smallest absolute Gasteiger partial charge is 0.169 e. The molecule has 1 aliphatic heterocycles. The highest BCUT2D eigenvalue weighted by Gasteiger charge is 2.26. The molecular formula is C15H24N2S. The van der Waals surface area contributed by atoms with E-state index in [-0.39, 0.29) is 0 Å². The van der Waals surface area contributed by atoms with Crippen molar-refractivity contribution in [1.29, 1.82) is 0 Å². The molecule has 2 aliphatic rings. The molecule has 1 N–H and O–H groups in total. The molecule has 2 nitrogen and oxygen atoms in total. The zero-order chi connectivity index (χ0) is 13.1. The molecule has 1 saturated heterocycles. The van der Waals surface area contributed by atoms with Crippen molar-refractivity contribution in [3.05, 3.63) is 23.8 Å². The topological polar surface area (TPSA) is 15.3 Å². The predicted octanol–water partition coefficient (Wildman–Crippen LogP) is 3.11. The third-order valence-corrected chi connectivity index (χ3v) is 4.08. The van der Waals surface area contributed by atoms with Gasteiger partial charge in [-0.1, -0.05) is 25.2 Å². The van der Waals surface area contributed by atoms with E-state index in [9.17, 15) is 0 Å². The molecule has 0 amide bonds. The second kappa shape index (κ2) is 5.87. The van der Waals surface area contributed by atoms with Gasteiger partial charge in [0.25, 0.3) is 0 Å². The number of rotatable bonds is 2. The summed E-state index contributed by atoms with van der Waals surface area (Å²) in [5, 5.41) is 4.25. The zero-order valence-electron chi connectivity index (χ0n) is 11.6. The van der Waals surface area contributed by atoms with E-state index in [1.54, 1.807) is 0 Å². The SMILES string of the molecule is CC1C=CC(C2CCN(C(=S)NC(C)C)C2)=CC1. The third-order valence-electron chi connectivity index (χ3n) is 3.70. The van der Waals surface area contributed by atoms with E-state index in [1.165, 1.54) is 18.4 Å². The summed E-state index contributed by atoms with van der Waals surface area (Å²) in [5.74, 6) is 1.37. The second-order valence-corrected chi connectivity index (χ2v) is 6.20. The average molecular weight is 264 g/mol. The molecule has 1 fully saturated rings. The summed E-state index contributed by atoms with van der Waals surface area (Å²) < 4.78 is 0. The largest absolute Gasteiger partial charge is 0.360 e. The van der Waals surface area contributed by atoms with Crippen LogP contribution in [0.5, 0.6) is 0 Å². The molecule has 3 heteroatoms. The minimum Gasteiger partial charge on any atom is -0.360 e. The Hall–Kier alpha value is -0.830. The van der Waals surface area contributed by atoms with Gasteiger partial charge in [-0.3, -0.25) is 0 Å². The molecule has 100 valence electrons. The van der Waals surface area contributed by atoms with E-state index < -0.39 is 0 Å². The maximum Gasteiger partial charge on any atom is 0.169 e. The molecule has 0 aromatic heterocycles. The van der Waals surface area contributed by atoms with Crippen molar-refractivity contribution >= 4 is 17.3 Å². The highest BCUT2D eigenvalue weighted by molar-refractivity contribution is 7.80. The van der Waals surface area contributed by atoms with Gasteiger partial charge in [-0.2, -0.15) is 0 Å². The Morgan fingerprint density at radius 3 is 2.89 bits per heavy atom. The molecule has 1 heterocycles. The fourth-order valence-corrected chi connectivity index (χ4v) is 3.00. The Bertz CT molecular complexity index is 371. The summed E-state index contributed by atoms with van der Waals surface area (Å²) in [5.41, 5.74) is 1.52. The predicted molar refractivity (Wildman–Crippen MR) is 81.6 cm³/mol. The molecule has 0 bridgehead atoms. The Morgan fingerprint density at radius 2 is 2.28 bits per heavy atom. The van der Waals surface area contributed by atoms with Crippen LogP contribution in [0.2, 0.25) is 0 Å². The lowest BCUT2D eigenvalue weighted by molar-refractivity contribution is 0.482. The van der Waals surface area contributed by atoms with Gasteiger partial charge >= 0.3 is 0 Å². The monoisotopic (exact) mass is 264 g/mol. The first-order valence-corrected chi connectivity index (χ1v) is 7.40. The molecule has 18 heavy (non-hydrogen) atoms.